The lowest BCUT2D eigenvalue weighted by Crippen LogP contribution is -2.35. The molecule has 43 heavy (non-hydrogen) atoms. The van der Waals surface area contributed by atoms with E-state index in [-0.39, 0.29) is 0 Å². The normalized spacial score (nSPS) is 14.9. The van der Waals surface area contributed by atoms with E-state index in [9.17, 15) is 13.0 Å². The van der Waals surface area contributed by atoms with Crippen molar-refractivity contribution in [2.45, 2.75) is 49.8 Å². The molecule has 1 atom stereocenters. The second-order valence-corrected chi connectivity index (χ2v) is 14.9. The van der Waals surface area contributed by atoms with E-state index < -0.39 is 15.4 Å². The van der Waals surface area contributed by atoms with Crippen LogP contribution in [0.2, 0.25) is 0 Å². The molecular formula is C35H35N2O3S3+. The number of unbranched alkanes of at least 4 members (excludes halogenated alkanes) is 1. The predicted molar refractivity (Wildman–Crippen MR) is 181 cm³/mol. The molecule has 5 aromatic rings. The van der Waals surface area contributed by atoms with Gasteiger partial charge in [0, 0.05) is 23.9 Å². The Kier molecular flexibility index (Phi) is 8.73. The summed E-state index contributed by atoms with van der Waals surface area (Å²) >= 11 is 3.50. The molecule has 8 heteroatoms. The van der Waals surface area contributed by atoms with Crippen LogP contribution in [0.4, 0.5) is 5.69 Å². The van der Waals surface area contributed by atoms with Gasteiger partial charge in [-0.05, 0) is 53.8 Å². The molecule has 1 aliphatic rings. The number of aromatic nitrogens is 1. The average Bonchev–Trinajstić information content (AvgIpc) is 3.54. The molecule has 5 nitrogen and oxygen atoms in total. The fraction of sp³-hybridized carbons (Fsp3) is 0.229. The standard InChI is InChI=1S/C35H34N2O3S3/c1-3-4-20-36-30-22-28(26-11-7-5-8-12-26)15-17-32(30)41-34(36)24-35-37(21-19-25(2)43(38,39)40)31-23-29(16-18-33(31)42-35)27-13-9-6-10-14-27/h5-18,22-25H,3-4,19-21H2,1-2H3/p+1. The quantitative estimate of drug-likeness (QED) is 0.124. The fourth-order valence-corrected chi connectivity index (χ4v) is 8.07. The second-order valence-electron chi connectivity index (χ2n) is 10.9. The van der Waals surface area contributed by atoms with Crippen molar-refractivity contribution in [3.63, 3.8) is 0 Å². The summed E-state index contributed by atoms with van der Waals surface area (Å²) in [7, 11) is -4.12. The molecule has 0 saturated carbocycles. The van der Waals surface area contributed by atoms with E-state index in [1.165, 1.54) is 26.4 Å². The van der Waals surface area contributed by atoms with Gasteiger partial charge in [0.15, 0.2) is 6.54 Å². The van der Waals surface area contributed by atoms with Crippen LogP contribution >= 0.6 is 23.1 Å². The van der Waals surface area contributed by atoms with Crippen LogP contribution in [0.1, 0.15) is 38.1 Å². The number of fused-ring (bicyclic) bond motifs is 2. The van der Waals surface area contributed by atoms with Crippen LogP contribution in [0, 0.1) is 0 Å². The van der Waals surface area contributed by atoms with Crippen LogP contribution in [0.3, 0.4) is 0 Å². The largest absolute Gasteiger partial charge is 0.335 e. The van der Waals surface area contributed by atoms with Crippen LogP contribution in [0.15, 0.2) is 107 Å². The maximum Gasteiger partial charge on any atom is 0.267 e. The smallest absolute Gasteiger partial charge is 0.267 e. The van der Waals surface area contributed by atoms with Crippen molar-refractivity contribution >= 4 is 55.2 Å². The first-order chi connectivity index (χ1) is 20.8. The molecule has 0 fully saturated rings. The van der Waals surface area contributed by atoms with E-state index in [1.54, 1.807) is 30.0 Å². The molecule has 0 saturated heterocycles. The zero-order valence-corrected chi connectivity index (χ0v) is 26.8. The van der Waals surface area contributed by atoms with Gasteiger partial charge in [-0.1, -0.05) is 109 Å². The first kappa shape index (κ1) is 29.6. The summed E-state index contributed by atoms with van der Waals surface area (Å²) in [5, 5.41) is 1.37. The van der Waals surface area contributed by atoms with E-state index in [0.29, 0.717) is 13.0 Å². The van der Waals surface area contributed by atoms with E-state index in [0.717, 1.165) is 46.1 Å². The van der Waals surface area contributed by atoms with Gasteiger partial charge in [0.1, 0.15) is 4.70 Å². The van der Waals surface area contributed by atoms with Crippen LogP contribution in [-0.2, 0) is 16.7 Å². The Bertz CT molecular complexity index is 1880. The highest BCUT2D eigenvalue weighted by atomic mass is 32.2. The minimum Gasteiger partial charge on any atom is -0.335 e. The molecular weight excluding hydrogens is 593 g/mol. The zero-order valence-electron chi connectivity index (χ0n) is 24.3. The van der Waals surface area contributed by atoms with Crippen molar-refractivity contribution < 1.29 is 17.5 Å². The van der Waals surface area contributed by atoms with Gasteiger partial charge < -0.3 is 4.90 Å². The van der Waals surface area contributed by atoms with Gasteiger partial charge in [-0.2, -0.15) is 13.0 Å². The summed E-state index contributed by atoms with van der Waals surface area (Å²) in [5.41, 5.74) is 6.94. The average molecular weight is 628 g/mol. The Morgan fingerprint density at radius 2 is 1.53 bits per heavy atom. The topological polar surface area (TPSA) is 61.5 Å². The van der Waals surface area contributed by atoms with Crippen molar-refractivity contribution in [3.8, 4) is 22.3 Å². The maximum absolute atomic E-state index is 11.9. The van der Waals surface area contributed by atoms with Gasteiger partial charge in [-0.15, -0.1) is 0 Å². The van der Waals surface area contributed by atoms with E-state index in [2.05, 4.69) is 95.3 Å². The van der Waals surface area contributed by atoms with Crippen molar-refractivity contribution in [2.24, 2.45) is 0 Å². The first-order valence-electron chi connectivity index (χ1n) is 14.7. The highest BCUT2D eigenvalue weighted by molar-refractivity contribution is 8.03. The summed E-state index contributed by atoms with van der Waals surface area (Å²) in [6, 6.07) is 34.0. The lowest BCUT2D eigenvalue weighted by molar-refractivity contribution is -0.669. The Balaban J connectivity index is 1.43. The summed E-state index contributed by atoms with van der Waals surface area (Å²) in [4.78, 5) is 3.36. The highest BCUT2D eigenvalue weighted by Crippen LogP contribution is 2.48. The monoisotopic (exact) mass is 627 g/mol. The molecule has 1 aromatic heterocycles. The second kappa shape index (κ2) is 12.7. The number of benzene rings is 4. The molecule has 4 aromatic carbocycles. The molecule has 220 valence electrons. The summed E-state index contributed by atoms with van der Waals surface area (Å²) in [6.45, 7) is 5.18. The molecule has 2 heterocycles. The molecule has 1 aliphatic heterocycles. The van der Waals surface area contributed by atoms with Crippen LogP contribution in [0.25, 0.3) is 38.5 Å². The zero-order chi connectivity index (χ0) is 30.0. The number of hydrogen-bond donors (Lipinski definition) is 1. The van der Waals surface area contributed by atoms with Crippen molar-refractivity contribution in [1.29, 1.82) is 0 Å². The van der Waals surface area contributed by atoms with Gasteiger partial charge in [0.2, 0.25) is 5.52 Å². The third kappa shape index (κ3) is 6.43. The molecule has 0 spiro atoms. The van der Waals surface area contributed by atoms with Gasteiger partial charge in [-0.25, -0.2) is 0 Å². The van der Waals surface area contributed by atoms with Gasteiger partial charge in [0.25, 0.3) is 15.1 Å². The molecule has 0 radical (unpaired) electrons. The lowest BCUT2D eigenvalue weighted by atomic mass is 10.0. The van der Waals surface area contributed by atoms with E-state index >= 15 is 0 Å². The number of hydrogen-bond acceptors (Lipinski definition) is 5. The molecule has 0 bridgehead atoms. The van der Waals surface area contributed by atoms with E-state index in [4.69, 9.17) is 0 Å². The van der Waals surface area contributed by atoms with Crippen molar-refractivity contribution in [3.05, 3.63) is 107 Å². The summed E-state index contributed by atoms with van der Waals surface area (Å²) in [6.07, 6.45) is 4.74. The third-order valence-corrected chi connectivity index (χ3v) is 11.4. The number of nitrogens with zero attached hydrogens (tertiary/aromatic N) is 2. The lowest BCUT2D eigenvalue weighted by Gasteiger charge is -2.22. The van der Waals surface area contributed by atoms with Crippen LogP contribution in [0.5, 0.6) is 0 Å². The minimum absolute atomic E-state index is 0.314. The Hall–Kier alpha value is -3.43. The number of anilines is 1. The van der Waals surface area contributed by atoms with Crippen molar-refractivity contribution in [1.82, 2.24) is 0 Å². The van der Waals surface area contributed by atoms with Crippen molar-refractivity contribution in [2.75, 3.05) is 11.4 Å². The molecule has 0 aliphatic carbocycles. The summed E-state index contributed by atoms with van der Waals surface area (Å²) < 4.78 is 37.1. The minimum atomic E-state index is -4.12. The number of rotatable bonds is 10. The molecule has 6 rings (SSSR count). The Morgan fingerprint density at radius 3 is 2.19 bits per heavy atom. The van der Waals surface area contributed by atoms with Crippen LogP contribution in [-0.4, -0.2) is 24.8 Å². The number of aryl methyl sites for hydroxylation is 1. The number of thioether (sulfide) groups is 1. The molecule has 1 N–H and O–H groups in total. The predicted octanol–water partition coefficient (Wildman–Crippen LogP) is 8.90. The molecule has 1 unspecified atom stereocenters. The van der Waals surface area contributed by atoms with E-state index in [1.807, 2.05) is 24.3 Å². The fourth-order valence-electron chi connectivity index (χ4n) is 5.38. The highest BCUT2D eigenvalue weighted by Gasteiger charge is 2.30. The third-order valence-electron chi connectivity index (χ3n) is 7.92. The Labute approximate surface area is 262 Å². The maximum atomic E-state index is 11.9. The molecule has 0 amide bonds. The van der Waals surface area contributed by atoms with Gasteiger partial charge >= 0.3 is 0 Å². The Morgan fingerprint density at radius 1 is 0.884 bits per heavy atom. The van der Waals surface area contributed by atoms with Gasteiger partial charge in [-0.3, -0.25) is 4.55 Å². The summed E-state index contributed by atoms with van der Waals surface area (Å²) in [5.74, 6) is 0. The number of thiazole rings is 1. The van der Waals surface area contributed by atoms with Gasteiger partial charge in [0.05, 0.1) is 22.0 Å². The van der Waals surface area contributed by atoms with Crippen LogP contribution < -0.4 is 9.47 Å². The SMILES string of the molecule is CCCC[n+]1c(C=C2Sc3ccc(-c4ccccc4)cc3N2CCC(C)S(=O)(=O)O)sc2ccc(-c3ccccc3)cc21. The first-order valence-corrected chi connectivity index (χ1v) is 17.8.